The van der Waals surface area contributed by atoms with Crippen LogP contribution in [0.4, 0.5) is 0 Å². The van der Waals surface area contributed by atoms with E-state index in [0.29, 0.717) is 18.2 Å². The molecule has 0 heterocycles. The van der Waals surface area contributed by atoms with Crippen molar-refractivity contribution in [1.29, 1.82) is 0 Å². The van der Waals surface area contributed by atoms with Crippen LogP contribution in [0.1, 0.15) is 31.9 Å². The third kappa shape index (κ3) is 5.02. The van der Waals surface area contributed by atoms with E-state index in [2.05, 4.69) is 18.7 Å². The average molecular weight is 281 g/mol. The van der Waals surface area contributed by atoms with Gasteiger partial charge in [0.1, 0.15) is 11.5 Å². The molecule has 1 rings (SSSR count). The lowest BCUT2D eigenvalue weighted by Crippen LogP contribution is -2.26. The maximum absolute atomic E-state index is 10.4. The van der Waals surface area contributed by atoms with Crippen LogP contribution in [0.3, 0.4) is 0 Å². The first kappa shape index (κ1) is 16.8. The highest BCUT2D eigenvalue weighted by atomic mass is 16.5. The SMILES string of the molecule is COc1ccc(OC)c(C(O)CN(C)CCC(C)C)c1. The molecule has 1 N–H and O–H groups in total. The van der Waals surface area contributed by atoms with Crippen molar-refractivity contribution in [2.24, 2.45) is 5.92 Å². The fourth-order valence-electron chi connectivity index (χ4n) is 2.06. The Morgan fingerprint density at radius 2 is 1.90 bits per heavy atom. The van der Waals surface area contributed by atoms with Gasteiger partial charge in [-0.3, -0.25) is 0 Å². The minimum absolute atomic E-state index is 0.580. The van der Waals surface area contributed by atoms with E-state index in [1.54, 1.807) is 14.2 Å². The van der Waals surface area contributed by atoms with Gasteiger partial charge in [-0.1, -0.05) is 13.8 Å². The van der Waals surface area contributed by atoms with E-state index in [-0.39, 0.29) is 0 Å². The molecule has 0 bridgehead atoms. The van der Waals surface area contributed by atoms with Crippen LogP contribution in [0.15, 0.2) is 18.2 Å². The Kier molecular flexibility index (Phi) is 6.82. The molecule has 4 heteroatoms. The van der Waals surface area contributed by atoms with Gasteiger partial charge in [-0.2, -0.15) is 0 Å². The highest BCUT2D eigenvalue weighted by Gasteiger charge is 2.16. The van der Waals surface area contributed by atoms with E-state index >= 15 is 0 Å². The number of benzene rings is 1. The Balaban J connectivity index is 2.72. The fraction of sp³-hybridized carbons (Fsp3) is 0.625. The molecule has 0 aliphatic carbocycles. The van der Waals surface area contributed by atoms with E-state index in [1.165, 1.54) is 0 Å². The first-order valence-corrected chi connectivity index (χ1v) is 7.06. The van der Waals surface area contributed by atoms with Gasteiger partial charge in [-0.15, -0.1) is 0 Å². The first-order chi connectivity index (χ1) is 9.47. The molecule has 1 atom stereocenters. The number of nitrogens with zero attached hydrogens (tertiary/aromatic N) is 1. The number of methoxy groups -OCH3 is 2. The molecule has 0 saturated heterocycles. The van der Waals surface area contributed by atoms with Crippen molar-refractivity contribution in [1.82, 2.24) is 4.90 Å². The molecule has 1 aromatic rings. The van der Waals surface area contributed by atoms with E-state index in [0.717, 1.165) is 24.3 Å². The summed E-state index contributed by atoms with van der Waals surface area (Å²) in [7, 11) is 5.26. The van der Waals surface area contributed by atoms with Crippen molar-refractivity contribution < 1.29 is 14.6 Å². The topological polar surface area (TPSA) is 41.9 Å². The minimum Gasteiger partial charge on any atom is -0.497 e. The van der Waals surface area contributed by atoms with Crippen LogP contribution in [0.5, 0.6) is 11.5 Å². The second kappa shape index (κ2) is 8.12. The third-order valence-electron chi connectivity index (χ3n) is 3.37. The Morgan fingerprint density at radius 3 is 2.45 bits per heavy atom. The molecular formula is C16H27NO3. The smallest absolute Gasteiger partial charge is 0.124 e. The Labute approximate surface area is 122 Å². The predicted molar refractivity (Wildman–Crippen MR) is 81.5 cm³/mol. The monoisotopic (exact) mass is 281 g/mol. The van der Waals surface area contributed by atoms with Gasteiger partial charge in [0, 0.05) is 12.1 Å². The zero-order chi connectivity index (χ0) is 15.1. The quantitative estimate of drug-likeness (QED) is 0.795. The average Bonchev–Trinajstić information content (AvgIpc) is 2.44. The van der Waals surface area contributed by atoms with Gasteiger partial charge < -0.3 is 19.5 Å². The standard InChI is InChI=1S/C16H27NO3/c1-12(2)8-9-17(3)11-15(18)14-10-13(19-4)6-7-16(14)20-5/h6-7,10,12,15,18H,8-9,11H2,1-5H3. The number of ether oxygens (including phenoxy) is 2. The molecule has 0 aliphatic heterocycles. The summed E-state index contributed by atoms with van der Waals surface area (Å²) in [6.45, 7) is 5.96. The second-order valence-corrected chi connectivity index (χ2v) is 5.57. The second-order valence-electron chi connectivity index (χ2n) is 5.57. The molecule has 0 aliphatic rings. The molecule has 20 heavy (non-hydrogen) atoms. The number of hydrogen-bond acceptors (Lipinski definition) is 4. The molecule has 0 aromatic heterocycles. The Hall–Kier alpha value is -1.26. The zero-order valence-electron chi connectivity index (χ0n) is 13.2. The van der Waals surface area contributed by atoms with Gasteiger partial charge in [-0.25, -0.2) is 0 Å². The lowest BCUT2D eigenvalue weighted by Gasteiger charge is -2.23. The molecule has 114 valence electrons. The maximum Gasteiger partial charge on any atom is 0.124 e. The molecule has 0 radical (unpaired) electrons. The highest BCUT2D eigenvalue weighted by Crippen LogP contribution is 2.29. The largest absolute Gasteiger partial charge is 0.497 e. The molecule has 4 nitrogen and oxygen atoms in total. The van der Waals surface area contributed by atoms with Crippen molar-refractivity contribution in [3.05, 3.63) is 23.8 Å². The lowest BCUT2D eigenvalue weighted by atomic mass is 10.1. The summed E-state index contributed by atoms with van der Waals surface area (Å²) in [5, 5.41) is 10.4. The van der Waals surface area contributed by atoms with E-state index in [4.69, 9.17) is 9.47 Å². The van der Waals surface area contributed by atoms with Gasteiger partial charge in [0.05, 0.1) is 20.3 Å². The van der Waals surface area contributed by atoms with E-state index in [9.17, 15) is 5.11 Å². The zero-order valence-corrected chi connectivity index (χ0v) is 13.2. The normalized spacial score (nSPS) is 12.8. The van der Waals surface area contributed by atoms with Gasteiger partial charge in [0.15, 0.2) is 0 Å². The van der Waals surface area contributed by atoms with Crippen LogP contribution < -0.4 is 9.47 Å². The van der Waals surface area contributed by atoms with Crippen molar-refractivity contribution >= 4 is 0 Å². The molecule has 0 fully saturated rings. The number of rotatable bonds is 8. The van der Waals surface area contributed by atoms with Gasteiger partial charge in [0.25, 0.3) is 0 Å². The molecule has 0 amide bonds. The molecule has 0 saturated carbocycles. The van der Waals surface area contributed by atoms with Crippen molar-refractivity contribution in [3.63, 3.8) is 0 Å². The minimum atomic E-state index is -0.586. The molecule has 1 aromatic carbocycles. The summed E-state index contributed by atoms with van der Waals surface area (Å²) in [6, 6.07) is 5.49. The predicted octanol–water partition coefficient (Wildman–Crippen LogP) is 2.72. The van der Waals surface area contributed by atoms with Crippen LogP contribution in [-0.2, 0) is 0 Å². The number of likely N-dealkylation sites (N-methyl/N-ethyl adjacent to an activating group) is 1. The van der Waals surface area contributed by atoms with E-state index in [1.807, 2.05) is 25.2 Å². The molecular weight excluding hydrogens is 254 g/mol. The highest BCUT2D eigenvalue weighted by molar-refractivity contribution is 5.41. The summed E-state index contributed by atoms with van der Waals surface area (Å²) in [5.41, 5.74) is 0.767. The van der Waals surface area contributed by atoms with Crippen LogP contribution in [0, 0.1) is 5.92 Å². The first-order valence-electron chi connectivity index (χ1n) is 7.06. The van der Waals surface area contributed by atoms with Crippen molar-refractivity contribution in [2.45, 2.75) is 26.4 Å². The van der Waals surface area contributed by atoms with Crippen LogP contribution in [-0.4, -0.2) is 44.4 Å². The molecule has 1 unspecified atom stereocenters. The summed E-state index contributed by atoms with van der Waals surface area (Å²) in [4.78, 5) is 2.14. The van der Waals surface area contributed by atoms with Gasteiger partial charge in [-0.05, 0) is 44.1 Å². The number of hydrogen-bond donors (Lipinski definition) is 1. The van der Waals surface area contributed by atoms with Crippen molar-refractivity contribution in [2.75, 3.05) is 34.4 Å². The van der Waals surface area contributed by atoms with Crippen LogP contribution in [0.2, 0.25) is 0 Å². The Bertz CT molecular complexity index is 407. The maximum atomic E-state index is 10.4. The molecule has 0 spiro atoms. The summed E-state index contributed by atoms with van der Waals surface area (Å²) in [6.07, 6.45) is 0.538. The van der Waals surface area contributed by atoms with Crippen LogP contribution >= 0.6 is 0 Å². The van der Waals surface area contributed by atoms with Gasteiger partial charge in [0.2, 0.25) is 0 Å². The Morgan fingerprint density at radius 1 is 1.20 bits per heavy atom. The van der Waals surface area contributed by atoms with Crippen molar-refractivity contribution in [3.8, 4) is 11.5 Å². The summed E-state index contributed by atoms with van der Waals surface area (Å²) < 4.78 is 10.5. The summed E-state index contributed by atoms with van der Waals surface area (Å²) >= 11 is 0. The summed E-state index contributed by atoms with van der Waals surface area (Å²) in [5.74, 6) is 2.08. The van der Waals surface area contributed by atoms with Crippen LogP contribution in [0.25, 0.3) is 0 Å². The fourth-order valence-corrected chi connectivity index (χ4v) is 2.06. The van der Waals surface area contributed by atoms with E-state index < -0.39 is 6.10 Å². The number of aliphatic hydroxyl groups is 1. The number of aliphatic hydroxyl groups excluding tert-OH is 1. The third-order valence-corrected chi connectivity index (χ3v) is 3.37. The lowest BCUT2D eigenvalue weighted by molar-refractivity contribution is 0.121. The van der Waals surface area contributed by atoms with Gasteiger partial charge >= 0.3 is 0 Å².